The van der Waals surface area contributed by atoms with Crippen LogP contribution in [0.5, 0.6) is 5.75 Å². The number of halogens is 1. The van der Waals surface area contributed by atoms with Crippen molar-refractivity contribution in [3.8, 4) is 5.75 Å². The van der Waals surface area contributed by atoms with Crippen molar-refractivity contribution in [2.24, 2.45) is 4.99 Å². The van der Waals surface area contributed by atoms with Gasteiger partial charge < -0.3 is 9.64 Å². The number of amides is 1. The van der Waals surface area contributed by atoms with Crippen LogP contribution in [0, 0.1) is 6.92 Å². The molecule has 0 saturated carbocycles. The molecule has 2 aromatic rings. The molecule has 2 aromatic carbocycles. The van der Waals surface area contributed by atoms with Crippen molar-refractivity contribution in [3.63, 3.8) is 0 Å². The van der Waals surface area contributed by atoms with Gasteiger partial charge in [0.1, 0.15) is 5.75 Å². The molecule has 0 spiro atoms. The van der Waals surface area contributed by atoms with Crippen LogP contribution < -0.4 is 9.64 Å². The summed E-state index contributed by atoms with van der Waals surface area (Å²) < 4.78 is 29.7. The van der Waals surface area contributed by atoms with E-state index in [-0.39, 0.29) is 29.4 Å². The highest BCUT2D eigenvalue weighted by atomic mass is 35.5. The topological polar surface area (TPSA) is 76.0 Å². The lowest BCUT2D eigenvalue weighted by Crippen LogP contribution is -2.37. The van der Waals surface area contributed by atoms with E-state index in [4.69, 9.17) is 16.3 Å². The first kappa shape index (κ1) is 20.3. The van der Waals surface area contributed by atoms with Crippen molar-refractivity contribution in [1.82, 2.24) is 0 Å². The SMILES string of the molecule is Cc1ccc(N2C(=NC(=O)COc3ccc(Cl)cc3)S[C@@H]3CS(=O)(=O)C[C@@H]32)cc1. The molecule has 6 nitrogen and oxygen atoms in total. The number of carbonyl (C=O) groups is 1. The largest absolute Gasteiger partial charge is 0.484 e. The maximum Gasteiger partial charge on any atom is 0.285 e. The van der Waals surface area contributed by atoms with Crippen LogP contribution in [0.15, 0.2) is 53.5 Å². The summed E-state index contributed by atoms with van der Waals surface area (Å²) in [4.78, 5) is 18.5. The van der Waals surface area contributed by atoms with E-state index in [1.807, 2.05) is 36.1 Å². The third-order valence-electron chi connectivity index (χ3n) is 4.78. The lowest BCUT2D eigenvalue weighted by atomic mass is 10.1. The Morgan fingerprint density at radius 2 is 1.86 bits per heavy atom. The fourth-order valence-electron chi connectivity index (χ4n) is 3.39. The monoisotopic (exact) mass is 450 g/mol. The highest BCUT2D eigenvalue weighted by Crippen LogP contribution is 2.41. The molecule has 0 bridgehead atoms. The highest BCUT2D eigenvalue weighted by Gasteiger charge is 2.49. The highest BCUT2D eigenvalue weighted by molar-refractivity contribution is 8.16. The minimum Gasteiger partial charge on any atom is -0.484 e. The Balaban J connectivity index is 1.54. The summed E-state index contributed by atoms with van der Waals surface area (Å²) in [5.74, 6) is 0.259. The number of thioether (sulfide) groups is 1. The predicted octanol–water partition coefficient (Wildman–Crippen LogP) is 3.33. The van der Waals surface area contributed by atoms with Gasteiger partial charge in [-0.25, -0.2) is 8.42 Å². The first-order valence-corrected chi connectivity index (χ1v) is 12.1. The molecule has 0 radical (unpaired) electrons. The second kappa shape index (κ2) is 8.01. The van der Waals surface area contributed by atoms with Gasteiger partial charge in [-0.2, -0.15) is 4.99 Å². The van der Waals surface area contributed by atoms with Crippen molar-refractivity contribution in [2.75, 3.05) is 23.0 Å². The van der Waals surface area contributed by atoms with Crippen molar-refractivity contribution < 1.29 is 17.9 Å². The molecule has 9 heteroatoms. The Morgan fingerprint density at radius 3 is 2.55 bits per heavy atom. The first-order valence-electron chi connectivity index (χ1n) is 9.04. The Kier molecular flexibility index (Phi) is 5.59. The third kappa shape index (κ3) is 4.60. The van der Waals surface area contributed by atoms with E-state index in [1.54, 1.807) is 24.3 Å². The molecule has 2 atom stereocenters. The molecule has 152 valence electrons. The number of hydrogen-bond acceptors (Lipinski definition) is 5. The van der Waals surface area contributed by atoms with E-state index in [9.17, 15) is 13.2 Å². The van der Waals surface area contributed by atoms with Gasteiger partial charge >= 0.3 is 0 Å². The van der Waals surface area contributed by atoms with Crippen molar-refractivity contribution in [2.45, 2.75) is 18.2 Å². The van der Waals surface area contributed by atoms with Gasteiger partial charge in [0.25, 0.3) is 5.91 Å². The standard InChI is InChI=1S/C20H19ClN2O4S2/c1-13-2-6-15(7-3-13)23-17-11-29(25,26)12-18(17)28-20(23)22-19(24)10-27-16-8-4-14(21)5-9-16/h2-9,17-18H,10-12H2,1H3/t17-,18+/m0/s1. The van der Waals surface area contributed by atoms with Crippen LogP contribution in [-0.4, -0.2) is 48.9 Å². The van der Waals surface area contributed by atoms with Crippen molar-refractivity contribution in [3.05, 3.63) is 59.1 Å². The summed E-state index contributed by atoms with van der Waals surface area (Å²) in [6.45, 7) is 1.78. The summed E-state index contributed by atoms with van der Waals surface area (Å²) >= 11 is 7.19. The van der Waals surface area contributed by atoms with Crippen LogP contribution in [0.25, 0.3) is 0 Å². The number of rotatable bonds is 4. The van der Waals surface area contributed by atoms with Crippen LogP contribution in [0.3, 0.4) is 0 Å². The van der Waals surface area contributed by atoms with Gasteiger partial charge in [0.2, 0.25) is 0 Å². The number of fused-ring (bicyclic) bond motifs is 1. The molecule has 0 N–H and O–H groups in total. The van der Waals surface area contributed by atoms with Gasteiger partial charge in [0, 0.05) is 16.0 Å². The Bertz CT molecular complexity index is 1050. The van der Waals surface area contributed by atoms with Crippen LogP contribution in [0.2, 0.25) is 5.02 Å². The van der Waals surface area contributed by atoms with E-state index in [2.05, 4.69) is 4.99 Å². The minimum absolute atomic E-state index is 0.0625. The molecule has 2 aliphatic heterocycles. The number of carbonyl (C=O) groups excluding carboxylic acids is 1. The van der Waals surface area contributed by atoms with Crippen molar-refractivity contribution in [1.29, 1.82) is 0 Å². The second-order valence-corrected chi connectivity index (χ2v) is 10.8. The zero-order valence-corrected chi connectivity index (χ0v) is 18.0. The third-order valence-corrected chi connectivity index (χ3v) is 8.24. The van der Waals surface area contributed by atoms with Crippen LogP contribution >= 0.6 is 23.4 Å². The number of aryl methyl sites for hydroxylation is 1. The molecule has 2 heterocycles. The summed E-state index contributed by atoms with van der Waals surface area (Å²) in [5, 5.41) is 0.968. The number of sulfone groups is 1. The molecular weight excluding hydrogens is 432 g/mol. The number of amidine groups is 1. The van der Waals surface area contributed by atoms with Gasteiger partial charge in [-0.1, -0.05) is 41.1 Å². The Morgan fingerprint density at radius 1 is 1.17 bits per heavy atom. The van der Waals surface area contributed by atoms with Crippen LogP contribution in [-0.2, 0) is 14.6 Å². The summed E-state index contributed by atoms with van der Waals surface area (Å²) in [6, 6.07) is 14.3. The number of ether oxygens (including phenoxy) is 1. The number of anilines is 1. The predicted molar refractivity (Wildman–Crippen MR) is 117 cm³/mol. The molecule has 0 aliphatic carbocycles. The lowest BCUT2D eigenvalue weighted by Gasteiger charge is -2.24. The van der Waals surface area contributed by atoms with E-state index in [1.165, 1.54) is 11.8 Å². The maximum absolute atomic E-state index is 12.4. The van der Waals surface area contributed by atoms with Gasteiger partial charge in [-0.05, 0) is 43.3 Å². The summed E-state index contributed by atoms with van der Waals surface area (Å²) in [6.07, 6.45) is 0. The summed E-state index contributed by atoms with van der Waals surface area (Å²) in [5.41, 5.74) is 1.93. The Hall–Kier alpha value is -2.03. The zero-order valence-electron chi connectivity index (χ0n) is 15.6. The fraction of sp³-hybridized carbons (Fsp3) is 0.300. The molecular formula is C20H19ClN2O4S2. The number of nitrogens with zero attached hydrogens (tertiary/aromatic N) is 2. The van der Waals surface area contributed by atoms with Gasteiger partial charge in [-0.15, -0.1) is 0 Å². The molecule has 2 aliphatic rings. The zero-order chi connectivity index (χ0) is 20.6. The molecule has 0 unspecified atom stereocenters. The average Bonchev–Trinajstić information content (AvgIpc) is 3.13. The lowest BCUT2D eigenvalue weighted by molar-refractivity contribution is -0.119. The average molecular weight is 451 g/mol. The van der Waals surface area contributed by atoms with Crippen LogP contribution in [0.4, 0.5) is 5.69 Å². The van der Waals surface area contributed by atoms with E-state index in [0.29, 0.717) is 15.9 Å². The minimum atomic E-state index is -3.09. The molecule has 0 aromatic heterocycles. The molecule has 29 heavy (non-hydrogen) atoms. The van der Waals surface area contributed by atoms with Gasteiger partial charge in [0.05, 0.1) is 17.5 Å². The quantitative estimate of drug-likeness (QED) is 0.711. The van der Waals surface area contributed by atoms with E-state index < -0.39 is 15.7 Å². The fourth-order valence-corrected chi connectivity index (χ4v) is 7.44. The van der Waals surface area contributed by atoms with E-state index in [0.717, 1.165) is 11.3 Å². The van der Waals surface area contributed by atoms with Gasteiger partial charge in [-0.3, -0.25) is 4.79 Å². The molecule has 2 fully saturated rings. The first-order chi connectivity index (χ1) is 13.8. The van der Waals surface area contributed by atoms with Crippen LogP contribution in [0.1, 0.15) is 5.56 Å². The number of hydrogen-bond donors (Lipinski definition) is 0. The normalized spacial score (nSPS) is 23.9. The van der Waals surface area contributed by atoms with Crippen molar-refractivity contribution >= 4 is 50.0 Å². The second-order valence-electron chi connectivity index (χ2n) is 7.04. The van der Waals surface area contributed by atoms with E-state index >= 15 is 0 Å². The smallest absolute Gasteiger partial charge is 0.285 e. The number of benzene rings is 2. The number of aliphatic imine (C=N–C) groups is 1. The molecule has 2 saturated heterocycles. The molecule has 4 rings (SSSR count). The Labute approximate surface area is 178 Å². The maximum atomic E-state index is 12.4. The molecule has 1 amide bonds. The van der Waals surface area contributed by atoms with Gasteiger partial charge in [0.15, 0.2) is 21.6 Å². The summed E-state index contributed by atoms with van der Waals surface area (Å²) in [7, 11) is -3.09.